The van der Waals surface area contributed by atoms with Crippen molar-refractivity contribution in [2.45, 2.75) is 52.5 Å². The summed E-state index contributed by atoms with van der Waals surface area (Å²) in [5.41, 5.74) is 1.10. The second kappa shape index (κ2) is 9.44. The summed E-state index contributed by atoms with van der Waals surface area (Å²) in [4.78, 5) is 28.7. The monoisotopic (exact) mass is 346 g/mol. The molecule has 2 rings (SSSR count). The van der Waals surface area contributed by atoms with Crippen molar-refractivity contribution in [3.63, 3.8) is 0 Å². The van der Waals surface area contributed by atoms with Crippen LogP contribution in [0.1, 0.15) is 45.1 Å². The van der Waals surface area contributed by atoms with Gasteiger partial charge in [0.1, 0.15) is 11.8 Å². The van der Waals surface area contributed by atoms with Gasteiger partial charge < -0.3 is 14.5 Å². The number of hydrogen-bond acceptors (Lipinski definition) is 3. The Kier molecular flexibility index (Phi) is 7.29. The molecule has 1 aliphatic heterocycles. The lowest BCUT2D eigenvalue weighted by Crippen LogP contribution is -2.47. The minimum absolute atomic E-state index is 0.0661. The Morgan fingerprint density at radius 3 is 2.64 bits per heavy atom. The first-order valence-corrected chi connectivity index (χ1v) is 9.35. The maximum atomic E-state index is 12.6. The zero-order valence-corrected chi connectivity index (χ0v) is 15.7. The van der Waals surface area contributed by atoms with Crippen molar-refractivity contribution in [2.24, 2.45) is 0 Å². The fourth-order valence-electron chi connectivity index (χ4n) is 3.34. The Morgan fingerprint density at radius 2 is 1.96 bits per heavy atom. The van der Waals surface area contributed by atoms with Gasteiger partial charge >= 0.3 is 0 Å². The van der Waals surface area contributed by atoms with E-state index in [1.54, 1.807) is 4.90 Å². The van der Waals surface area contributed by atoms with E-state index < -0.39 is 0 Å². The summed E-state index contributed by atoms with van der Waals surface area (Å²) in [6.45, 7) is 8.55. The molecule has 1 atom stereocenters. The summed E-state index contributed by atoms with van der Waals surface area (Å²) in [7, 11) is 0. The van der Waals surface area contributed by atoms with Crippen LogP contribution in [-0.2, 0) is 9.59 Å². The molecule has 1 aromatic rings. The maximum Gasteiger partial charge on any atom is 0.245 e. The molecule has 1 unspecified atom stereocenters. The number of rotatable bonds is 8. The molecule has 0 aromatic heterocycles. The van der Waals surface area contributed by atoms with Gasteiger partial charge in [0.15, 0.2) is 0 Å². The van der Waals surface area contributed by atoms with Gasteiger partial charge in [-0.05, 0) is 51.7 Å². The van der Waals surface area contributed by atoms with E-state index in [0.29, 0.717) is 39.1 Å². The minimum atomic E-state index is -0.273. The average molecular weight is 346 g/mol. The van der Waals surface area contributed by atoms with Crippen molar-refractivity contribution in [2.75, 3.05) is 26.2 Å². The van der Waals surface area contributed by atoms with E-state index in [9.17, 15) is 9.59 Å². The Bertz CT molecular complexity index is 584. The molecule has 1 heterocycles. The highest BCUT2D eigenvalue weighted by Gasteiger charge is 2.35. The van der Waals surface area contributed by atoms with E-state index in [-0.39, 0.29) is 17.9 Å². The molecule has 0 bridgehead atoms. The van der Waals surface area contributed by atoms with Crippen LogP contribution in [0.2, 0.25) is 0 Å². The zero-order valence-electron chi connectivity index (χ0n) is 15.7. The number of likely N-dealkylation sites (tertiary alicyclic amines) is 1. The van der Waals surface area contributed by atoms with E-state index in [2.05, 4.69) is 0 Å². The number of likely N-dealkylation sites (N-methyl/N-ethyl adjacent to an activating group) is 1. The number of ether oxygens (including phenoxy) is 1. The summed E-state index contributed by atoms with van der Waals surface area (Å²) in [5.74, 6) is 1.02. The lowest BCUT2D eigenvalue weighted by molar-refractivity contribution is -0.143. The third-order valence-corrected chi connectivity index (χ3v) is 4.82. The molecule has 1 fully saturated rings. The zero-order chi connectivity index (χ0) is 18.2. The van der Waals surface area contributed by atoms with Crippen LogP contribution in [0.5, 0.6) is 5.75 Å². The molecule has 1 aromatic carbocycles. The van der Waals surface area contributed by atoms with Gasteiger partial charge in [-0.1, -0.05) is 18.2 Å². The quantitative estimate of drug-likeness (QED) is 0.680. The van der Waals surface area contributed by atoms with Crippen LogP contribution < -0.4 is 4.74 Å². The number of hydrogen-bond donors (Lipinski definition) is 0. The van der Waals surface area contributed by atoms with Gasteiger partial charge in [0.2, 0.25) is 11.8 Å². The Labute approximate surface area is 150 Å². The highest BCUT2D eigenvalue weighted by molar-refractivity contribution is 5.88. The van der Waals surface area contributed by atoms with Gasteiger partial charge in [-0.3, -0.25) is 9.59 Å². The van der Waals surface area contributed by atoms with Gasteiger partial charge in [-0.2, -0.15) is 0 Å². The van der Waals surface area contributed by atoms with E-state index in [0.717, 1.165) is 24.2 Å². The fraction of sp³-hybridized carbons (Fsp3) is 0.600. The fourth-order valence-corrected chi connectivity index (χ4v) is 3.34. The summed E-state index contributed by atoms with van der Waals surface area (Å²) >= 11 is 0. The van der Waals surface area contributed by atoms with Crippen molar-refractivity contribution >= 4 is 11.8 Å². The molecule has 0 spiro atoms. The first kappa shape index (κ1) is 19.3. The van der Waals surface area contributed by atoms with Crippen molar-refractivity contribution in [3.05, 3.63) is 29.8 Å². The third-order valence-electron chi connectivity index (χ3n) is 4.82. The molecule has 5 nitrogen and oxygen atoms in total. The highest BCUT2D eigenvalue weighted by atomic mass is 16.5. The molecule has 138 valence electrons. The molecule has 5 heteroatoms. The van der Waals surface area contributed by atoms with E-state index in [4.69, 9.17) is 4.74 Å². The Morgan fingerprint density at radius 1 is 1.24 bits per heavy atom. The van der Waals surface area contributed by atoms with Crippen molar-refractivity contribution in [1.82, 2.24) is 9.80 Å². The molecule has 0 saturated carbocycles. The molecule has 25 heavy (non-hydrogen) atoms. The van der Waals surface area contributed by atoms with Crippen molar-refractivity contribution < 1.29 is 14.3 Å². The summed E-state index contributed by atoms with van der Waals surface area (Å²) in [6.07, 6.45) is 2.77. The molecule has 0 aliphatic carbocycles. The number of nitrogens with zero attached hydrogens (tertiary/aromatic N) is 2. The number of carbonyl (C=O) groups excluding carboxylic acids is 2. The van der Waals surface area contributed by atoms with E-state index in [1.807, 2.05) is 49.9 Å². The lowest BCUT2D eigenvalue weighted by Gasteiger charge is -2.29. The second-order valence-electron chi connectivity index (χ2n) is 6.47. The van der Waals surface area contributed by atoms with Crippen LogP contribution in [0, 0.1) is 6.92 Å². The van der Waals surface area contributed by atoms with Gasteiger partial charge in [-0.15, -0.1) is 0 Å². The van der Waals surface area contributed by atoms with Crippen LogP contribution in [0.15, 0.2) is 24.3 Å². The Hall–Kier alpha value is -2.04. The number of para-hydroxylation sites is 1. The van der Waals surface area contributed by atoms with Crippen LogP contribution in [0.4, 0.5) is 0 Å². The summed E-state index contributed by atoms with van der Waals surface area (Å²) in [6, 6.07) is 7.60. The lowest BCUT2D eigenvalue weighted by atomic mass is 10.1. The third kappa shape index (κ3) is 4.97. The molecular formula is C20H30N2O3. The van der Waals surface area contributed by atoms with Crippen LogP contribution in [0.3, 0.4) is 0 Å². The summed E-state index contributed by atoms with van der Waals surface area (Å²) in [5, 5.41) is 0. The van der Waals surface area contributed by atoms with Crippen LogP contribution >= 0.6 is 0 Å². The highest BCUT2D eigenvalue weighted by Crippen LogP contribution is 2.21. The number of carbonyl (C=O) groups is 2. The average Bonchev–Trinajstić information content (AvgIpc) is 3.10. The minimum Gasteiger partial charge on any atom is -0.493 e. The van der Waals surface area contributed by atoms with Crippen LogP contribution in [0.25, 0.3) is 0 Å². The predicted molar refractivity (Wildman–Crippen MR) is 98.6 cm³/mol. The SMILES string of the molecule is CCN(CC)C(=O)C1CCCN1C(=O)CCCOc1ccccc1C. The standard InChI is InChI=1S/C20H30N2O3/c1-4-21(5-2)20(24)17-11-8-14-22(17)19(23)13-9-15-25-18-12-7-6-10-16(18)3/h6-7,10,12,17H,4-5,8-9,11,13-15H2,1-3H3. The van der Waals surface area contributed by atoms with Gasteiger partial charge in [-0.25, -0.2) is 0 Å². The maximum absolute atomic E-state index is 12.6. The molecule has 1 saturated heterocycles. The number of benzene rings is 1. The topological polar surface area (TPSA) is 49.9 Å². The molecule has 2 amide bonds. The van der Waals surface area contributed by atoms with Crippen LogP contribution in [-0.4, -0.2) is 53.9 Å². The van der Waals surface area contributed by atoms with Crippen molar-refractivity contribution in [3.8, 4) is 5.75 Å². The molecule has 0 N–H and O–H groups in total. The van der Waals surface area contributed by atoms with Gasteiger partial charge in [0.25, 0.3) is 0 Å². The Balaban J connectivity index is 1.81. The number of amides is 2. The second-order valence-corrected chi connectivity index (χ2v) is 6.47. The molecule has 1 aliphatic rings. The molecule has 0 radical (unpaired) electrons. The number of aryl methyl sites for hydroxylation is 1. The summed E-state index contributed by atoms with van der Waals surface area (Å²) < 4.78 is 5.75. The first-order valence-electron chi connectivity index (χ1n) is 9.35. The van der Waals surface area contributed by atoms with Gasteiger partial charge in [0, 0.05) is 26.1 Å². The predicted octanol–water partition coefficient (Wildman–Crippen LogP) is 3.01. The molecular weight excluding hydrogens is 316 g/mol. The largest absolute Gasteiger partial charge is 0.493 e. The van der Waals surface area contributed by atoms with Crippen molar-refractivity contribution in [1.29, 1.82) is 0 Å². The van der Waals surface area contributed by atoms with E-state index in [1.165, 1.54) is 0 Å². The van der Waals surface area contributed by atoms with E-state index >= 15 is 0 Å². The normalized spacial score (nSPS) is 16.8. The first-order chi connectivity index (χ1) is 12.1. The van der Waals surface area contributed by atoms with Gasteiger partial charge in [0.05, 0.1) is 6.61 Å². The smallest absolute Gasteiger partial charge is 0.245 e.